The molecule has 11 nitrogen and oxygen atoms in total. The molecule has 2 fully saturated rings. The van der Waals surface area contributed by atoms with Crippen LogP contribution in [0.15, 0.2) is 24.5 Å². The first-order valence-corrected chi connectivity index (χ1v) is 19.5. The molecule has 2 amide bonds. The van der Waals surface area contributed by atoms with Gasteiger partial charge in [0.15, 0.2) is 11.6 Å². The van der Waals surface area contributed by atoms with Gasteiger partial charge >= 0.3 is 0 Å². The largest absolute Gasteiger partial charge is 0.504 e. The van der Waals surface area contributed by atoms with Gasteiger partial charge in [0.25, 0.3) is 5.91 Å². The first-order chi connectivity index (χ1) is 20.8. The van der Waals surface area contributed by atoms with Crippen molar-refractivity contribution in [1.29, 1.82) is 0 Å². The van der Waals surface area contributed by atoms with Crippen molar-refractivity contribution in [2.45, 2.75) is 97.9 Å². The van der Waals surface area contributed by atoms with Crippen LogP contribution in [0.3, 0.4) is 0 Å². The van der Waals surface area contributed by atoms with Crippen LogP contribution in [0.5, 0.6) is 5.75 Å². The van der Waals surface area contributed by atoms with Crippen LogP contribution in [-0.4, -0.2) is 62.2 Å². The number of hydrogen-bond donors (Lipinski definition) is 3. The van der Waals surface area contributed by atoms with Crippen LogP contribution in [0.2, 0.25) is 25.7 Å². The fourth-order valence-corrected chi connectivity index (χ4v) is 6.76. The standard InChI is InChI=1S/C32H47N7O4Si/c1-19(2)39-25(12-13-34-39)31(41)35-29(28(22-8-9-22)23-10-11-23)32(42)36-30-26(40)16-24(17-33-30)27-20(3)37-38(21(27)4)18-43-14-15-44(5,6)7/h12-13,16-17,19,22-23,28-29,40H,8-11,14-15,18H2,1-7H3,(H,35,41)(H,33,36,42)/t29-/m0/s1. The van der Waals surface area contributed by atoms with Crippen molar-refractivity contribution in [3.8, 4) is 16.9 Å². The molecular weight excluding hydrogens is 574 g/mol. The quantitative estimate of drug-likeness (QED) is 0.159. The normalized spacial score (nSPS) is 16.0. The Morgan fingerprint density at radius 1 is 1.14 bits per heavy atom. The van der Waals surface area contributed by atoms with E-state index >= 15 is 0 Å². The summed E-state index contributed by atoms with van der Waals surface area (Å²) in [7, 11) is -1.18. The van der Waals surface area contributed by atoms with Gasteiger partial charge in [-0.3, -0.25) is 14.3 Å². The third kappa shape index (κ3) is 7.40. The average Bonchev–Trinajstić information content (AvgIpc) is 3.88. The molecule has 1 atom stereocenters. The summed E-state index contributed by atoms with van der Waals surface area (Å²) in [6.45, 7) is 15.8. The fourth-order valence-electron chi connectivity index (χ4n) is 6.00. The highest BCUT2D eigenvalue weighted by molar-refractivity contribution is 6.76. The third-order valence-corrected chi connectivity index (χ3v) is 10.4. The molecule has 0 radical (unpaired) electrons. The van der Waals surface area contributed by atoms with E-state index in [0.29, 0.717) is 36.4 Å². The molecule has 44 heavy (non-hydrogen) atoms. The number of carbonyl (C=O) groups excluding carboxylic acids is 2. The molecule has 0 spiro atoms. The highest BCUT2D eigenvalue weighted by Gasteiger charge is 2.48. The Labute approximate surface area is 260 Å². The van der Waals surface area contributed by atoms with E-state index in [1.165, 1.54) is 0 Å². The van der Waals surface area contributed by atoms with Crippen LogP contribution in [-0.2, 0) is 16.3 Å². The molecule has 2 aliphatic rings. The predicted octanol–water partition coefficient (Wildman–Crippen LogP) is 5.53. The zero-order chi connectivity index (χ0) is 31.8. The highest BCUT2D eigenvalue weighted by Crippen LogP contribution is 2.51. The molecule has 0 saturated heterocycles. The van der Waals surface area contributed by atoms with Crippen molar-refractivity contribution in [3.63, 3.8) is 0 Å². The summed E-state index contributed by atoms with van der Waals surface area (Å²) in [6, 6.07) is 3.61. The van der Waals surface area contributed by atoms with Gasteiger partial charge in [0.1, 0.15) is 18.5 Å². The summed E-state index contributed by atoms with van der Waals surface area (Å²) in [5.41, 5.74) is 3.70. The number of ether oxygens (including phenoxy) is 1. The summed E-state index contributed by atoms with van der Waals surface area (Å²) in [4.78, 5) is 31.7. The number of rotatable bonds is 14. The number of pyridine rings is 1. The van der Waals surface area contributed by atoms with Gasteiger partial charge in [0, 0.05) is 49.9 Å². The molecule has 0 unspecified atom stereocenters. The molecule has 0 bridgehead atoms. The maximum atomic E-state index is 13.8. The van der Waals surface area contributed by atoms with Crippen LogP contribution < -0.4 is 10.6 Å². The zero-order valence-corrected chi connectivity index (χ0v) is 28.1. The Morgan fingerprint density at radius 2 is 1.82 bits per heavy atom. The summed E-state index contributed by atoms with van der Waals surface area (Å²) >= 11 is 0. The molecule has 2 aliphatic carbocycles. The number of aromatic hydroxyl groups is 1. The van der Waals surface area contributed by atoms with Crippen molar-refractivity contribution in [3.05, 3.63) is 41.6 Å². The third-order valence-electron chi connectivity index (χ3n) is 8.67. The molecule has 12 heteroatoms. The SMILES string of the molecule is Cc1nn(COCC[Si](C)(C)C)c(C)c1-c1cnc(NC(=O)[C@@H](NC(=O)c2ccnn2C(C)C)C(C2CC2)C2CC2)c(O)c1. The number of hydrogen-bond acceptors (Lipinski definition) is 7. The van der Waals surface area contributed by atoms with Gasteiger partial charge in [0.05, 0.1) is 5.69 Å². The van der Waals surface area contributed by atoms with Crippen molar-refractivity contribution in [2.75, 3.05) is 11.9 Å². The second-order valence-electron chi connectivity index (χ2n) is 13.9. The van der Waals surface area contributed by atoms with Gasteiger partial charge < -0.3 is 20.5 Å². The second-order valence-corrected chi connectivity index (χ2v) is 19.6. The van der Waals surface area contributed by atoms with Crippen molar-refractivity contribution in [2.24, 2.45) is 17.8 Å². The number of nitrogens with one attached hydrogen (secondary N) is 2. The molecule has 238 valence electrons. The van der Waals surface area contributed by atoms with Gasteiger partial charge in [0.2, 0.25) is 5.91 Å². The maximum absolute atomic E-state index is 13.8. The molecule has 0 aromatic carbocycles. The van der Waals surface area contributed by atoms with Crippen LogP contribution >= 0.6 is 0 Å². The number of amides is 2. The predicted molar refractivity (Wildman–Crippen MR) is 172 cm³/mol. The second kappa shape index (κ2) is 12.8. The summed E-state index contributed by atoms with van der Waals surface area (Å²) in [5, 5.41) is 25.8. The Balaban J connectivity index is 1.32. The van der Waals surface area contributed by atoms with E-state index in [2.05, 4.69) is 45.5 Å². The lowest BCUT2D eigenvalue weighted by Gasteiger charge is -2.27. The molecule has 3 aromatic rings. The maximum Gasteiger partial charge on any atom is 0.270 e. The van der Waals surface area contributed by atoms with Gasteiger partial charge in [-0.05, 0) is 89.3 Å². The average molecular weight is 622 g/mol. The minimum atomic E-state index is -1.18. The number of aryl methyl sites for hydroxylation is 1. The van der Waals surface area contributed by atoms with E-state index in [0.717, 1.165) is 48.7 Å². The number of carbonyl (C=O) groups is 2. The minimum Gasteiger partial charge on any atom is -0.504 e. The van der Waals surface area contributed by atoms with Crippen molar-refractivity contribution in [1.82, 2.24) is 29.9 Å². The van der Waals surface area contributed by atoms with E-state index in [9.17, 15) is 14.7 Å². The van der Waals surface area contributed by atoms with E-state index in [4.69, 9.17) is 4.74 Å². The van der Waals surface area contributed by atoms with Crippen LogP contribution in [0.25, 0.3) is 11.1 Å². The molecule has 3 N–H and O–H groups in total. The minimum absolute atomic E-state index is 0.00206. The van der Waals surface area contributed by atoms with Gasteiger partial charge in [-0.2, -0.15) is 10.2 Å². The number of anilines is 1. The van der Waals surface area contributed by atoms with Crippen LogP contribution in [0, 0.1) is 31.6 Å². The van der Waals surface area contributed by atoms with E-state index in [1.54, 1.807) is 29.2 Å². The highest BCUT2D eigenvalue weighted by atomic mass is 28.3. The Bertz CT molecular complexity index is 1490. The Kier molecular flexibility index (Phi) is 9.31. The smallest absolute Gasteiger partial charge is 0.270 e. The summed E-state index contributed by atoms with van der Waals surface area (Å²) in [6.07, 6.45) is 7.45. The van der Waals surface area contributed by atoms with Gasteiger partial charge in [-0.25, -0.2) is 9.67 Å². The first kappa shape index (κ1) is 31.9. The molecule has 2 saturated carbocycles. The monoisotopic (exact) mass is 621 g/mol. The summed E-state index contributed by atoms with van der Waals surface area (Å²) in [5.74, 6) is 0.0597. The van der Waals surface area contributed by atoms with Crippen LogP contribution in [0.4, 0.5) is 5.82 Å². The Morgan fingerprint density at radius 3 is 2.41 bits per heavy atom. The Hall–Kier alpha value is -3.51. The summed E-state index contributed by atoms with van der Waals surface area (Å²) < 4.78 is 9.40. The van der Waals surface area contributed by atoms with Gasteiger partial charge in [-0.15, -0.1) is 0 Å². The molecular formula is C32H47N7O4Si. The zero-order valence-electron chi connectivity index (χ0n) is 27.1. The molecule has 0 aliphatic heterocycles. The van der Waals surface area contributed by atoms with E-state index < -0.39 is 14.1 Å². The molecule has 5 rings (SSSR count). The fraction of sp³-hybridized carbons (Fsp3) is 0.594. The van der Waals surface area contributed by atoms with E-state index in [1.807, 2.05) is 32.4 Å². The number of aromatic nitrogens is 5. The topological polar surface area (TPSA) is 136 Å². The number of nitrogens with zero attached hydrogens (tertiary/aromatic N) is 5. The first-order valence-electron chi connectivity index (χ1n) is 15.8. The molecule has 3 heterocycles. The lowest BCUT2D eigenvalue weighted by molar-refractivity contribution is -0.119. The van der Waals surface area contributed by atoms with Gasteiger partial charge in [-0.1, -0.05) is 19.6 Å². The van der Waals surface area contributed by atoms with Crippen molar-refractivity contribution >= 4 is 25.7 Å². The molecule has 3 aromatic heterocycles. The van der Waals surface area contributed by atoms with Crippen LogP contribution in [0.1, 0.15) is 67.4 Å². The lowest BCUT2D eigenvalue weighted by Crippen LogP contribution is -2.50. The van der Waals surface area contributed by atoms with Crippen molar-refractivity contribution < 1.29 is 19.4 Å². The lowest BCUT2D eigenvalue weighted by atomic mass is 9.88. The van der Waals surface area contributed by atoms with E-state index in [-0.39, 0.29) is 35.3 Å².